The highest BCUT2D eigenvalue weighted by Gasteiger charge is 2.27. The fraction of sp³-hybridized carbons (Fsp3) is 0.258. The van der Waals surface area contributed by atoms with Crippen molar-refractivity contribution in [2.45, 2.75) is 38.1 Å². The number of aromatic nitrogens is 5. The lowest BCUT2D eigenvalue weighted by Crippen LogP contribution is -2.26. The maximum atomic E-state index is 13.5. The van der Waals surface area contributed by atoms with Crippen LogP contribution in [0.25, 0.3) is 16.7 Å². The van der Waals surface area contributed by atoms with Crippen molar-refractivity contribution in [2.24, 2.45) is 0 Å². The van der Waals surface area contributed by atoms with Crippen LogP contribution in [0.2, 0.25) is 0 Å². The number of carbonyl (C=O) groups is 1. The summed E-state index contributed by atoms with van der Waals surface area (Å²) in [5.41, 5.74) is 2.14. The van der Waals surface area contributed by atoms with Gasteiger partial charge in [-0.05, 0) is 73.7 Å². The van der Waals surface area contributed by atoms with Crippen molar-refractivity contribution in [3.8, 4) is 17.2 Å². The highest BCUT2D eigenvalue weighted by molar-refractivity contribution is 5.97. The van der Waals surface area contributed by atoms with Crippen LogP contribution in [0.4, 0.5) is 10.2 Å². The first kappa shape index (κ1) is 27.3. The smallest absolute Gasteiger partial charge is 0.265 e. The third kappa shape index (κ3) is 5.77. The van der Waals surface area contributed by atoms with Gasteiger partial charge in [0.1, 0.15) is 22.7 Å². The SMILES string of the molecule is COC[C@@H](C)Nc1n[nH]c2nccc(Oc3ccc(CC(=O)c4cc(C5CC5)cn(-c5ccc(F)cc5)c4=O)nc3)c12. The molecule has 1 aliphatic carbocycles. The number of ether oxygens (including phenoxy) is 2. The molecule has 0 aliphatic heterocycles. The summed E-state index contributed by atoms with van der Waals surface area (Å²) in [5.74, 6) is 1.16. The zero-order valence-electron chi connectivity index (χ0n) is 23.1. The monoisotopic (exact) mass is 568 g/mol. The molecule has 2 N–H and O–H groups in total. The van der Waals surface area contributed by atoms with Gasteiger partial charge in [0, 0.05) is 43.0 Å². The lowest BCUT2D eigenvalue weighted by Gasteiger charge is -2.13. The fourth-order valence-corrected chi connectivity index (χ4v) is 4.84. The molecule has 0 radical (unpaired) electrons. The number of hydrogen-bond donors (Lipinski definition) is 2. The highest BCUT2D eigenvalue weighted by Crippen LogP contribution is 2.40. The summed E-state index contributed by atoms with van der Waals surface area (Å²) >= 11 is 0. The van der Waals surface area contributed by atoms with E-state index in [1.54, 1.807) is 43.8 Å². The first-order chi connectivity index (χ1) is 20.4. The quantitative estimate of drug-likeness (QED) is 0.209. The molecule has 5 aromatic rings. The molecule has 0 spiro atoms. The van der Waals surface area contributed by atoms with Crippen molar-refractivity contribution in [1.29, 1.82) is 0 Å². The number of aromatic amines is 1. The van der Waals surface area contributed by atoms with Gasteiger partial charge in [0.25, 0.3) is 5.56 Å². The molecule has 0 amide bonds. The van der Waals surface area contributed by atoms with Crippen LogP contribution in [-0.4, -0.2) is 50.3 Å². The van der Waals surface area contributed by atoms with Crippen LogP contribution in [-0.2, 0) is 11.2 Å². The minimum Gasteiger partial charge on any atom is -0.455 e. The number of hydrogen-bond acceptors (Lipinski definition) is 8. The number of anilines is 1. The predicted octanol–water partition coefficient (Wildman–Crippen LogP) is 5.18. The van der Waals surface area contributed by atoms with Gasteiger partial charge in [-0.25, -0.2) is 9.37 Å². The van der Waals surface area contributed by atoms with E-state index >= 15 is 0 Å². The summed E-state index contributed by atoms with van der Waals surface area (Å²) in [6.07, 6.45) is 6.86. The Labute approximate surface area is 240 Å². The summed E-state index contributed by atoms with van der Waals surface area (Å²) in [4.78, 5) is 35.4. The number of carbonyl (C=O) groups excluding carboxylic acids is 1. The van der Waals surface area contributed by atoms with E-state index in [4.69, 9.17) is 9.47 Å². The second kappa shape index (κ2) is 11.5. The van der Waals surface area contributed by atoms with E-state index in [1.165, 1.54) is 35.0 Å². The maximum Gasteiger partial charge on any atom is 0.265 e. The maximum absolute atomic E-state index is 13.5. The molecule has 0 unspecified atom stereocenters. The Kier molecular flexibility index (Phi) is 7.49. The second-order valence-corrected chi connectivity index (χ2v) is 10.4. The molecular formula is C31H29FN6O4. The largest absolute Gasteiger partial charge is 0.455 e. The molecule has 1 atom stereocenters. The molecule has 214 valence electrons. The molecule has 1 saturated carbocycles. The van der Waals surface area contributed by atoms with Crippen molar-refractivity contribution >= 4 is 22.6 Å². The van der Waals surface area contributed by atoms with Crippen molar-refractivity contribution in [3.05, 3.63) is 100 Å². The van der Waals surface area contributed by atoms with Crippen molar-refractivity contribution in [1.82, 2.24) is 24.7 Å². The van der Waals surface area contributed by atoms with Crippen molar-refractivity contribution < 1.29 is 18.7 Å². The molecule has 1 fully saturated rings. The summed E-state index contributed by atoms with van der Waals surface area (Å²) < 4.78 is 26.2. The van der Waals surface area contributed by atoms with Gasteiger partial charge < -0.3 is 14.8 Å². The van der Waals surface area contributed by atoms with Crippen LogP contribution in [0.5, 0.6) is 11.5 Å². The van der Waals surface area contributed by atoms with Gasteiger partial charge in [0.05, 0.1) is 24.8 Å². The second-order valence-electron chi connectivity index (χ2n) is 10.4. The van der Waals surface area contributed by atoms with E-state index in [0.717, 1.165) is 18.4 Å². The molecule has 1 aliphatic rings. The van der Waals surface area contributed by atoms with Crippen LogP contribution in [0.3, 0.4) is 0 Å². The number of benzene rings is 1. The number of halogens is 1. The van der Waals surface area contributed by atoms with E-state index in [-0.39, 0.29) is 23.8 Å². The lowest BCUT2D eigenvalue weighted by molar-refractivity contribution is 0.0990. The minimum absolute atomic E-state index is 0.0119. The van der Waals surface area contributed by atoms with E-state index in [2.05, 4.69) is 25.5 Å². The van der Waals surface area contributed by atoms with Gasteiger partial charge in [-0.1, -0.05) is 0 Å². The Hall–Kier alpha value is -4.90. The number of methoxy groups -OCH3 is 1. The van der Waals surface area contributed by atoms with Gasteiger partial charge in [-0.2, -0.15) is 5.10 Å². The average Bonchev–Trinajstić information content (AvgIpc) is 3.76. The fourth-order valence-electron chi connectivity index (χ4n) is 4.84. The zero-order chi connectivity index (χ0) is 29.2. The van der Waals surface area contributed by atoms with E-state index in [0.29, 0.717) is 52.3 Å². The summed E-state index contributed by atoms with van der Waals surface area (Å²) in [6, 6.07) is 12.5. The van der Waals surface area contributed by atoms with Crippen LogP contribution in [0.15, 0.2) is 71.9 Å². The normalized spacial score (nSPS) is 13.7. The first-order valence-corrected chi connectivity index (χ1v) is 13.7. The number of Topliss-reactive ketones (excluding diaryl/α,β-unsaturated/α-hetero) is 1. The summed E-state index contributed by atoms with van der Waals surface area (Å²) in [7, 11) is 1.64. The molecule has 11 heteroatoms. The number of ketones is 1. The minimum atomic E-state index is -0.443. The average molecular weight is 569 g/mol. The van der Waals surface area contributed by atoms with Gasteiger partial charge in [0.2, 0.25) is 0 Å². The standard InChI is InChI=1S/C31H29FN6O4/c1-18(17-41-2)35-30-28-27(11-12-33-29(28)36-37-30)42-24-10-7-22(34-15-24)14-26(39)25-13-20(19-3-4-19)16-38(31(25)40)23-8-5-21(32)6-9-23/h5-13,15-16,18-19H,3-4,14,17H2,1-2H3,(H2,33,35,36,37)/t18-/m1/s1. The molecule has 42 heavy (non-hydrogen) atoms. The van der Waals surface area contributed by atoms with E-state index in [1.807, 2.05) is 6.92 Å². The molecule has 1 aromatic carbocycles. The first-order valence-electron chi connectivity index (χ1n) is 13.7. The van der Waals surface area contributed by atoms with Gasteiger partial charge in [0.15, 0.2) is 17.2 Å². The predicted molar refractivity (Wildman–Crippen MR) is 155 cm³/mol. The number of nitrogens with zero attached hydrogens (tertiary/aromatic N) is 4. The molecule has 4 aromatic heterocycles. The molecule has 0 bridgehead atoms. The van der Waals surface area contributed by atoms with Crippen LogP contribution >= 0.6 is 0 Å². The van der Waals surface area contributed by atoms with Crippen molar-refractivity contribution in [2.75, 3.05) is 19.0 Å². The van der Waals surface area contributed by atoms with Gasteiger partial charge >= 0.3 is 0 Å². The molecule has 0 saturated heterocycles. The number of nitrogens with one attached hydrogen (secondary N) is 2. The van der Waals surface area contributed by atoms with Crippen molar-refractivity contribution in [3.63, 3.8) is 0 Å². The van der Waals surface area contributed by atoms with Crippen LogP contribution < -0.4 is 15.6 Å². The number of H-pyrrole nitrogens is 1. The van der Waals surface area contributed by atoms with E-state index in [9.17, 15) is 14.0 Å². The third-order valence-electron chi connectivity index (χ3n) is 7.08. The Morgan fingerprint density at radius 2 is 1.98 bits per heavy atom. The zero-order valence-corrected chi connectivity index (χ0v) is 23.1. The molecule has 10 nitrogen and oxygen atoms in total. The highest BCUT2D eigenvalue weighted by atomic mass is 19.1. The molecule has 6 rings (SSSR count). The number of fused-ring (bicyclic) bond motifs is 1. The Morgan fingerprint density at radius 1 is 1.17 bits per heavy atom. The topological polar surface area (TPSA) is 124 Å². The van der Waals surface area contributed by atoms with Crippen LogP contribution in [0, 0.1) is 5.82 Å². The molecule has 4 heterocycles. The number of rotatable bonds is 11. The summed E-state index contributed by atoms with van der Waals surface area (Å²) in [5, 5.41) is 11.2. The molecular weight excluding hydrogens is 539 g/mol. The summed E-state index contributed by atoms with van der Waals surface area (Å²) in [6.45, 7) is 2.48. The van der Waals surface area contributed by atoms with Gasteiger partial charge in [-0.3, -0.25) is 24.2 Å². The Bertz CT molecular complexity index is 1800. The Balaban J connectivity index is 1.22. The lowest BCUT2D eigenvalue weighted by atomic mass is 10.0. The van der Waals surface area contributed by atoms with Crippen LogP contribution in [0.1, 0.15) is 47.3 Å². The van der Waals surface area contributed by atoms with E-state index < -0.39 is 11.4 Å². The third-order valence-corrected chi connectivity index (χ3v) is 7.08. The number of pyridine rings is 3. The Morgan fingerprint density at radius 3 is 2.69 bits per heavy atom. The van der Waals surface area contributed by atoms with Gasteiger partial charge in [-0.15, -0.1) is 0 Å².